The topological polar surface area (TPSA) is 55.4 Å². The van der Waals surface area contributed by atoms with Gasteiger partial charge in [-0.2, -0.15) is 0 Å². The molecule has 0 unspecified atom stereocenters. The molecule has 0 aliphatic carbocycles. The van der Waals surface area contributed by atoms with Crippen molar-refractivity contribution in [1.29, 1.82) is 0 Å². The van der Waals surface area contributed by atoms with E-state index in [1.807, 2.05) is 0 Å². The first kappa shape index (κ1) is 8.68. The highest BCUT2D eigenvalue weighted by molar-refractivity contribution is 5.89. The van der Waals surface area contributed by atoms with Crippen LogP contribution in [0.25, 0.3) is 0 Å². The fraction of sp³-hybridized carbons (Fsp3) is 0.333. The van der Waals surface area contributed by atoms with Crippen molar-refractivity contribution in [3.63, 3.8) is 0 Å². The van der Waals surface area contributed by atoms with Gasteiger partial charge in [0.1, 0.15) is 5.70 Å². The quantitative estimate of drug-likeness (QED) is 0.337. The van der Waals surface area contributed by atoms with Gasteiger partial charge < -0.3 is 10.1 Å². The van der Waals surface area contributed by atoms with E-state index in [1.54, 1.807) is 6.92 Å². The monoisotopic (exact) mass is 143 g/mol. The van der Waals surface area contributed by atoms with Crippen LogP contribution >= 0.6 is 0 Å². The minimum absolute atomic E-state index is 0.0446. The molecule has 0 radical (unpaired) electrons. The highest BCUT2D eigenvalue weighted by atomic mass is 16.5. The first-order valence-corrected chi connectivity index (χ1v) is 2.78. The molecule has 1 N–H and O–H groups in total. The number of rotatable bonds is 4. The number of hydrogen-bond donors (Lipinski definition) is 1. The fourth-order valence-corrected chi connectivity index (χ4v) is 0.348. The molecule has 0 aliphatic rings. The molecule has 0 aromatic heterocycles. The molecule has 0 saturated heterocycles. The van der Waals surface area contributed by atoms with Crippen molar-refractivity contribution in [2.24, 2.45) is 0 Å². The summed E-state index contributed by atoms with van der Waals surface area (Å²) in [6.45, 7) is 5.19. The van der Waals surface area contributed by atoms with Gasteiger partial charge >= 0.3 is 5.97 Å². The Morgan fingerprint density at radius 2 is 2.40 bits per heavy atom. The summed E-state index contributed by atoms with van der Waals surface area (Å²) in [6, 6.07) is 0. The van der Waals surface area contributed by atoms with E-state index in [0.717, 1.165) is 0 Å². The van der Waals surface area contributed by atoms with Crippen LogP contribution in [0, 0.1) is 0 Å². The first-order chi connectivity index (χ1) is 4.72. The van der Waals surface area contributed by atoms with Crippen molar-refractivity contribution in [3.05, 3.63) is 12.3 Å². The minimum Gasteiger partial charge on any atom is -0.461 e. The first-order valence-electron chi connectivity index (χ1n) is 2.78. The predicted molar refractivity (Wildman–Crippen MR) is 35.0 cm³/mol. The highest BCUT2D eigenvalue weighted by Gasteiger charge is 2.04. The fourth-order valence-electron chi connectivity index (χ4n) is 0.348. The van der Waals surface area contributed by atoms with Gasteiger partial charge in [0, 0.05) is 0 Å². The second-order valence-electron chi connectivity index (χ2n) is 1.46. The van der Waals surface area contributed by atoms with Crippen molar-refractivity contribution in [1.82, 2.24) is 5.32 Å². The smallest absolute Gasteiger partial charge is 0.354 e. The summed E-state index contributed by atoms with van der Waals surface area (Å²) < 4.78 is 4.50. The van der Waals surface area contributed by atoms with Gasteiger partial charge in [-0.1, -0.05) is 6.58 Å². The van der Waals surface area contributed by atoms with Gasteiger partial charge in [0.2, 0.25) is 6.41 Å². The van der Waals surface area contributed by atoms with Crippen LogP contribution in [-0.2, 0) is 14.3 Å². The molecule has 0 aliphatic heterocycles. The number of ether oxygens (including phenoxy) is 1. The molecule has 1 amide bonds. The maximum absolute atomic E-state index is 10.6. The molecule has 0 aromatic carbocycles. The molecule has 4 nitrogen and oxygen atoms in total. The molecular weight excluding hydrogens is 134 g/mol. The third-order valence-corrected chi connectivity index (χ3v) is 0.755. The zero-order valence-corrected chi connectivity index (χ0v) is 5.72. The summed E-state index contributed by atoms with van der Waals surface area (Å²) >= 11 is 0. The lowest BCUT2D eigenvalue weighted by molar-refractivity contribution is -0.139. The predicted octanol–water partition coefficient (Wildman–Crippen LogP) is -0.191. The van der Waals surface area contributed by atoms with Crippen LogP contribution in [0.3, 0.4) is 0 Å². The van der Waals surface area contributed by atoms with E-state index >= 15 is 0 Å². The van der Waals surface area contributed by atoms with Crippen LogP contribution < -0.4 is 5.32 Å². The number of carbonyl (C=O) groups is 2. The normalized spacial score (nSPS) is 8.10. The minimum atomic E-state index is -0.602. The maximum atomic E-state index is 10.6. The largest absolute Gasteiger partial charge is 0.461 e. The molecule has 56 valence electrons. The molecule has 0 saturated carbocycles. The third kappa shape index (κ3) is 2.86. The lowest BCUT2D eigenvalue weighted by Gasteiger charge is -2.01. The molecular formula is C6H9NO3. The Morgan fingerprint density at radius 1 is 1.80 bits per heavy atom. The number of esters is 1. The van der Waals surface area contributed by atoms with Crippen LogP contribution in [0.2, 0.25) is 0 Å². The van der Waals surface area contributed by atoms with Crippen LogP contribution in [0.5, 0.6) is 0 Å². The van der Waals surface area contributed by atoms with E-state index in [-0.39, 0.29) is 12.3 Å². The molecule has 0 atom stereocenters. The molecule has 4 heteroatoms. The molecule has 10 heavy (non-hydrogen) atoms. The van der Waals surface area contributed by atoms with E-state index in [1.165, 1.54) is 0 Å². The summed E-state index contributed by atoms with van der Waals surface area (Å²) in [5.74, 6) is -0.602. The van der Waals surface area contributed by atoms with Crippen molar-refractivity contribution in [2.45, 2.75) is 6.92 Å². The van der Waals surface area contributed by atoms with Crippen LogP contribution in [0.15, 0.2) is 12.3 Å². The molecule has 0 fully saturated rings. The number of hydrogen-bond acceptors (Lipinski definition) is 3. The Hall–Kier alpha value is -1.32. The molecule has 0 spiro atoms. The van der Waals surface area contributed by atoms with Crippen molar-refractivity contribution in [2.75, 3.05) is 6.61 Å². The van der Waals surface area contributed by atoms with Gasteiger partial charge in [-0.15, -0.1) is 0 Å². The zero-order valence-electron chi connectivity index (χ0n) is 5.72. The summed E-state index contributed by atoms with van der Waals surface area (Å²) in [4.78, 5) is 20.3. The lowest BCUT2D eigenvalue weighted by atomic mass is 10.5. The van der Waals surface area contributed by atoms with Gasteiger partial charge in [-0.05, 0) is 6.92 Å². The molecule has 0 rings (SSSR count). The Bertz CT molecular complexity index is 153. The Balaban J connectivity index is 3.70. The van der Waals surface area contributed by atoms with E-state index < -0.39 is 5.97 Å². The SMILES string of the molecule is C=C(NC=O)C(=O)OCC. The van der Waals surface area contributed by atoms with Crippen LogP contribution in [-0.4, -0.2) is 19.0 Å². The average molecular weight is 143 g/mol. The summed E-state index contributed by atoms with van der Waals surface area (Å²) in [5, 5.41) is 2.08. The van der Waals surface area contributed by atoms with Gasteiger partial charge in [-0.3, -0.25) is 4.79 Å². The third-order valence-electron chi connectivity index (χ3n) is 0.755. The van der Waals surface area contributed by atoms with Crippen LogP contribution in [0.1, 0.15) is 6.92 Å². The van der Waals surface area contributed by atoms with Gasteiger partial charge in [0.25, 0.3) is 0 Å². The summed E-state index contributed by atoms with van der Waals surface area (Å²) in [7, 11) is 0. The lowest BCUT2D eigenvalue weighted by Crippen LogP contribution is -2.19. The zero-order chi connectivity index (χ0) is 7.98. The Morgan fingerprint density at radius 3 is 2.80 bits per heavy atom. The second-order valence-corrected chi connectivity index (χ2v) is 1.46. The maximum Gasteiger partial charge on any atom is 0.354 e. The number of carbonyl (C=O) groups excluding carboxylic acids is 2. The van der Waals surface area contributed by atoms with Crippen LogP contribution in [0.4, 0.5) is 0 Å². The van der Waals surface area contributed by atoms with E-state index in [2.05, 4.69) is 16.6 Å². The average Bonchev–Trinajstić information content (AvgIpc) is 1.89. The second kappa shape index (κ2) is 4.55. The van der Waals surface area contributed by atoms with Gasteiger partial charge in [-0.25, -0.2) is 4.79 Å². The summed E-state index contributed by atoms with van der Waals surface area (Å²) in [6.07, 6.45) is 0.374. The number of amides is 1. The van der Waals surface area contributed by atoms with E-state index in [4.69, 9.17) is 0 Å². The molecule has 0 aromatic rings. The highest BCUT2D eigenvalue weighted by Crippen LogP contribution is 1.86. The molecule has 0 bridgehead atoms. The van der Waals surface area contributed by atoms with Crippen molar-refractivity contribution < 1.29 is 14.3 Å². The van der Waals surface area contributed by atoms with Gasteiger partial charge in [0.15, 0.2) is 0 Å². The Labute approximate surface area is 58.9 Å². The van der Waals surface area contributed by atoms with E-state index in [0.29, 0.717) is 6.41 Å². The van der Waals surface area contributed by atoms with Crippen molar-refractivity contribution >= 4 is 12.4 Å². The molecule has 0 heterocycles. The Kier molecular flexibility index (Phi) is 3.95. The summed E-state index contributed by atoms with van der Waals surface area (Å²) in [5.41, 5.74) is -0.0446. The van der Waals surface area contributed by atoms with Gasteiger partial charge in [0.05, 0.1) is 6.61 Å². The van der Waals surface area contributed by atoms with E-state index in [9.17, 15) is 9.59 Å². The number of nitrogens with one attached hydrogen (secondary N) is 1. The standard InChI is InChI=1S/C6H9NO3/c1-3-10-6(9)5(2)7-4-8/h4H,2-3H2,1H3,(H,7,8). The van der Waals surface area contributed by atoms with Crippen molar-refractivity contribution in [3.8, 4) is 0 Å².